The number of nitrogens with one attached hydrogen (secondary N) is 2. The van der Waals surface area contributed by atoms with Crippen LogP contribution in [0, 0.1) is 0 Å². The van der Waals surface area contributed by atoms with Crippen LogP contribution in [0.3, 0.4) is 0 Å². The number of amides is 1. The minimum Gasteiger partial charge on any atom is -0.493 e. The average molecular weight is 591 g/mol. The summed E-state index contributed by atoms with van der Waals surface area (Å²) in [5.74, 6) is 0.720. The van der Waals surface area contributed by atoms with Crippen LogP contribution in [-0.4, -0.2) is 30.8 Å². The maximum absolute atomic E-state index is 12.6. The predicted octanol–water partition coefficient (Wildman–Crippen LogP) is 8.72. The molecule has 1 aromatic heterocycles. The van der Waals surface area contributed by atoms with Crippen molar-refractivity contribution in [2.45, 2.75) is 45.4 Å². The van der Waals surface area contributed by atoms with Crippen LogP contribution < -0.4 is 20.2 Å². The number of hydrogen-bond acceptors (Lipinski definition) is 7. The number of methoxy groups -OCH3 is 1. The summed E-state index contributed by atoms with van der Waals surface area (Å²) in [7, 11) is 1.57. The number of carbonyl (C=O) groups excluding carboxylic acids is 1. The first-order valence-corrected chi connectivity index (χ1v) is 15.0. The first-order valence-electron chi connectivity index (χ1n) is 13.8. The lowest BCUT2D eigenvalue weighted by atomic mass is 10.1. The smallest absolute Gasteiger partial charge is 0.271 e. The number of benzene rings is 3. The van der Waals surface area contributed by atoms with Crippen molar-refractivity contribution in [1.82, 2.24) is 10.4 Å². The third-order valence-corrected chi connectivity index (χ3v) is 7.39. The summed E-state index contributed by atoms with van der Waals surface area (Å²) < 4.78 is 11.4. The van der Waals surface area contributed by atoms with E-state index in [-0.39, 0.29) is 5.91 Å². The Morgan fingerprint density at radius 2 is 1.78 bits per heavy atom. The van der Waals surface area contributed by atoms with E-state index in [4.69, 9.17) is 21.1 Å². The van der Waals surface area contributed by atoms with E-state index in [0.29, 0.717) is 34.3 Å². The van der Waals surface area contributed by atoms with Gasteiger partial charge in [0, 0.05) is 22.2 Å². The van der Waals surface area contributed by atoms with Crippen LogP contribution in [0.25, 0.3) is 11.3 Å². The molecule has 1 amide bonds. The first-order chi connectivity index (χ1) is 20.1. The number of para-hydroxylation sites is 1. The molecule has 214 valence electrons. The highest BCUT2D eigenvalue weighted by Crippen LogP contribution is 2.36. The van der Waals surface area contributed by atoms with Crippen LogP contribution >= 0.6 is 22.9 Å². The summed E-state index contributed by atoms with van der Waals surface area (Å²) in [5.41, 5.74) is 6.46. The molecule has 3 aromatic carbocycles. The van der Waals surface area contributed by atoms with Gasteiger partial charge in [-0.1, -0.05) is 81.0 Å². The molecule has 2 N–H and O–H groups in total. The van der Waals surface area contributed by atoms with Gasteiger partial charge in [0.05, 0.1) is 30.6 Å². The number of aromatic nitrogens is 1. The zero-order chi connectivity index (χ0) is 28.9. The molecule has 0 unspecified atom stereocenters. The molecule has 9 heteroatoms. The van der Waals surface area contributed by atoms with E-state index < -0.39 is 0 Å². The Morgan fingerprint density at radius 1 is 1.02 bits per heavy atom. The average Bonchev–Trinajstić information content (AvgIpc) is 3.46. The van der Waals surface area contributed by atoms with Crippen molar-refractivity contribution in [1.29, 1.82) is 0 Å². The Hall–Kier alpha value is -3.88. The lowest BCUT2D eigenvalue weighted by Gasteiger charge is -2.13. The van der Waals surface area contributed by atoms with E-state index in [0.717, 1.165) is 34.9 Å². The molecular formula is C32H35ClN4O3S. The number of unbranched alkanes of at least 4 members (excludes halogenated alkanes) is 5. The molecule has 4 aromatic rings. The van der Waals surface area contributed by atoms with E-state index in [2.05, 4.69) is 27.8 Å². The lowest BCUT2D eigenvalue weighted by molar-refractivity contribution is 0.0955. The number of ether oxygens (including phenoxy) is 2. The molecular weight excluding hydrogens is 556 g/mol. The number of hydrogen-bond donors (Lipinski definition) is 2. The molecule has 41 heavy (non-hydrogen) atoms. The lowest BCUT2D eigenvalue weighted by Crippen LogP contribution is -2.17. The van der Waals surface area contributed by atoms with Gasteiger partial charge in [0.2, 0.25) is 0 Å². The molecule has 1 heterocycles. The fraction of sp³-hybridized carbons (Fsp3) is 0.281. The fourth-order valence-electron chi connectivity index (χ4n) is 4.14. The van der Waals surface area contributed by atoms with Gasteiger partial charge in [-0.2, -0.15) is 5.10 Å². The van der Waals surface area contributed by atoms with E-state index in [1.165, 1.54) is 43.2 Å². The fourth-order valence-corrected chi connectivity index (χ4v) is 5.16. The molecule has 0 spiro atoms. The summed E-state index contributed by atoms with van der Waals surface area (Å²) in [5, 5.41) is 10.6. The van der Waals surface area contributed by atoms with Crippen LogP contribution in [0.2, 0.25) is 5.02 Å². The quantitative estimate of drug-likeness (QED) is 0.0821. The van der Waals surface area contributed by atoms with Gasteiger partial charge in [-0.3, -0.25) is 4.79 Å². The highest BCUT2D eigenvalue weighted by Gasteiger charge is 2.12. The highest BCUT2D eigenvalue weighted by atomic mass is 35.5. The summed E-state index contributed by atoms with van der Waals surface area (Å²) in [6.07, 6.45) is 8.61. The second-order valence-electron chi connectivity index (χ2n) is 9.46. The molecule has 0 aliphatic rings. The van der Waals surface area contributed by atoms with Crippen LogP contribution in [0.4, 0.5) is 10.8 Å². The molecule has 0 aliphatic carbocycles. The van der Waals surface area contributed by atoms with Crippen molar-refractivity contribution < 1.29 is 14.3 Å². The molecule has 0 saturated carbocycles. The molecule has 0 saturated heterocycles. The van der Waals surface area contributed by atoms with Gasteiger partial charge in [-0.05, 0) is 48.4 Å². The Morgan fingerprint density at radius 3 is 2.54 bits per heavy atom. The van der Waals surface area contributed by atoms with E-state index in [1.54, 1.807) is 31.4 Å². The van der Waals surface area contributed by atoms with Gasteiger partial charge >= 0.3 is 0 Å². The summed E-state index contributed by atoms with van der Waals surface area (Å²) in [4.78, 5) is 17.3. The van der Waals surface area contributed by atoms with Crippen LogP contribution in [0.15, 0.2) is 77.2 Å². The number of thiazole rings is 1. The highest BCUT2D eigenvalue weighted by molar-refractivity contribution is 7.14. The number of anilines is 2. The predicted molar refractivity (Wildman–Crippen MR) is 169 cm³/mol. The number of rotatable bonds is 15. The number of halogens is 1. The third kappa shape index (κ3) is 9.06. The van der Waals surface area contributed by atoms with Crippen LogP contribution in [-0.2, 0) is 0 Å². The summed E-state index contributed by atoms with van der Waals surface area (Å²) in [6, 6.07) is 20.6. The molecule has 0 aliphatic heterocycles. The largest absolute Gasteiger partial charge is 0.493 e. The molecule has 0 atom stereocenters. The maximum atomic E-state index is 12.6. The number of hydrazone groups is 1. The monoisotopic (exact) mass is 590 g/mol. The van der Waals surface area contributed by atoms with Crippen molar-refractivity contribution in [3.05, 3.63) is 88.3 Å². The van der Waals surface area contributed by atoms with E-state index in [9.17, 15) is 4.79 Å². The Labute approximate surface area is 250 Å². The number of carbonyl (C=O) groups is 1. The van der Waals surface area contributed by atoms with E-state index in [1.807, 2.05) is 47.8 Å². The van der Waals surface area contributed by atoms with Gasteiger partial charge in [0.1, 0.15) is 0 Å². The normalized spacial score (nSPS) is 11.0. The SMILES string of the molecule is CCCCCCCCOc1c(Cl)cc(/C=N/NC(=O)c2ccc(-c3csc(Nc4ccccc4)n3)cc2)cc1OC. The van der Waals surface area contributed by atoms with Crippen LogP contribution in [0.1, 0.15) is 61.4 Å². The van der Waals surface area contributed by atoms with Gasteiger partial charge in [0.25, 0.3) is 5.91 Å². The Balaban J connectivity index is 1.29. The first kappa shape index (κ1) is 30.1. The van der Waals surface area contributed by atoms with Crippen molar-refractivity contribution in [2.75, 3.05) is 19.0 Å². The van der Waals surface area contributed by atoms with Gasteiger partial charge in [-0.15, -0.1) is 11.3 Å². The standard InChI is InChI=1S/C32H35ClN4O3S/c1-3-4-5-6-7-11-18-40-30-27(33)19-23(20-29(30)39-2)21-34-37-31(38)25-16-14-24(15-17-25)28-22-41-32(36-28)35-26-12-9-8-10-13-26/h8-10,12-17,19-22H,3-7,11,18H2,1-2H3,(H,35,36)(H,37,38)/b34-21+. The van der Waals surface area contributed by atoms with Crippen molar-refractivity contribution in [3.8, 4) is 22.8 Å². The van der Waals surface area contributed by atoms with Gasteiger partial charge in [-0.25, -0.2) is 10.4 Å². The van der Waals surface area contributed by atoms with Gasteiger partial charge < -0.3 is 14.8 Å². The molecule has 7 nitrogen and oxygen atoms in total. The summed E-state index contributed by atoms with van der Waals surface area (Å²) >= 11 is 8.00. The molecule has 0 fully saturated rings. The van der Waals surface area contributed by atoms with E-state index >= 15 is 0 Å². The second kappa shape index (κ2) is 15.8. The number of nitrogens with zero attached hydrogens (tertiary/aromatic N) is 2. The second-order valence-corrected chi connectivity index (χ2v) is 10.7. The van der Waals surface area contributed by atoms with Crippen LogP contribution in [0.5, 0.6) is 11.5 Å². The van der Waals surface area contributed by atoms with Crippen molar-refractivity contribution in [3.63, 3.8) is 0 Å². The van der Waals surface area contributed by atoms with Crippen molar-refractivity contribution in [2.24, 2.45) is 5.10 Å². The minimum atomic E-state index is -0.325. The maximum Gasteiger partial charge on any atom is 0.271 e. The topological polar surface area (TPSA) is 84.8 Å². The molecule has 0 bridgehead atoms. The minimum absolute atomic E-state index is 0.325. The molecule has 0 radical (unpaired) electrons. The summed E-state index contributed by atoms with van der Waals surface area (Å²) in [6.45, 7) is 2.79. The van der Waals surface area contributed by atoms with Gasteiger partial charge in [0.15, 0.2) is 16.6 Å². The van der Waals surface area contributed by atoms with Crippen molar-refractivity contribution >= 4 is 45.9 Å². The zero-order valence-electron chi connectivity index (χ0n) is 23.4. The Bertz CT molecular complexity index is 1420. The third-order valence-electron chi connectivity index (χ3n) is 6.35. The zero-order valence-corrected chi connectivity index (χ0v) is 24.9. The molecule has 4 rings (SSSR count). The Kier molecular flexibility index (Phi) is 11.6.